The van der Waals surface area contributed by atoms with Gasteiger partial charge in [0.25, 0.3) is 5.91 Å². The number of hydrogen-bond donors (Lipinski definition) is 2. The number of nitrogens with one attached hydrogen (secondary N) is 1. The second-order valence-electron chi connectivity index (χ2n) is 9.57. The number of aromatic carboxylic acids is 1. The Morgan fingerprint density at radius 3 is 2.49 bits per heavy atom. The fraction of sp³-hybridized carbons (Fsp3) is 0.276. The number of carboxylic acid groups (broad SMARTS) is 1. The Hall–Kier alpha value is -3.93. The number of benzene rings is 3. The molecule has 0 spiro atoms. The van der Waals surface area contributed by atoms with Crippen LogP contribution in [-0.2, 0) is 0 Å². The van der Waals surface area contributed by atoms with E-state index in [-0.39, 0.29) is 11.5 Å². The number of carbonyl (C=O) groups excluding carboxylic acids is 1. The van der Waals surface area contributed by atoms with Gasteiger partial charge in [0, 0.05) is 22.9 Å². The fourth-order valence-electron chi connectivity index (χ4n) is 4.95. The lowest BCUT2D eigenvalue weighted by Crippen LogP contribution is -2.12. The molecule has 1 fully saturated rings. The number of imidazole rings is 1. The van der Waals surface area contributed by atoms with Crippen LogP contribution in [0.25, 0.3) is 22.4 Å². The van der Waals surface area contributed by atoms with Crippen LogP contribution in [0.4, 0.5) is 5.69 Å². The van der Waals surface area contributed by atoms with Gasteiger partial charge in [0.15, 0.2) is 0 Å². The van der Waals surface area contributed by atoms with E-state index in [0.717, 1.165) is 48.3 Å². The molecule has 0 unspecified atom stereocenters. The van der Waals surface area contributed by atoms with Gasteiger partial charge in [0.05, 0.1) is 16.6 Å². The van der Waals surface area contributed by atoms with Crippen molar-refractivity contribution in [1.29, 1.82) is 0 Å². The summed E-state index contributed by atoms with van der Waals surface area (Å²) in [5.41, 5.74) is 5.14. The normalized spacial score (nSPS) is 14.0. The summed E-state index contributed by atoms with van der Waals surface area (Å²) in [6, 6.07) is 20.8. The molecule has 35 heavy (non-hydrogen) atoms. The van der Waals surface area contributed by atoms with Crippen molar-refractivity contribution in [1.82, 2.24) is 9.55 Å². The maximum atomic E-state index is 13.1. The lowest BCUT2D eigenvalue weighted by Gasteiger charge is -2.17. The predicted molar refractivity (Wildman–Crippen MR) is 138 cm³/mol. The van der Waals surface area contributed by atoms with Crippen molar-refractivity contribution in [3.63, 3.8) is 0 Å². The number of hydrogen-bond acceptors (Lipinski definition) is 3. The highest BCUT2D eigenvalue weighted by atomic mass is 16.4. The number of carbonyl (C=O) groups is 2. The molecule has 0 bridgehead atoms. The summed E-state index contributed by atoms with van der Waals surface area (Å²) in [7, 11) is 0. The summed E-state index contributed by atoms with van der Waals surface area (Å²) in [6.45, 7) is 4.25. The molecule has 1 heterocycles. The van der Waals surface area contributed by atoms with E-state index in [1.807, 2.05) is 42.5 Å². The molecule has 0 saturated heterocycles. The van der Waals surface area contributed by atoms with Crippen molar-refractivity contribution < 1.29 is 14.7 Å². The minimum atomic E-state index is -0.968. The van der Waals surface area contributed by atoms with E-state index < -0.39 is 5.97 Å². The van der Waals surface area contributed by atoms with Crippen LogP contribution >= 0.6 is 0 Å². The standard InChI is InChI=1S/C29H29N3O3/c1-18(2)19-7-6-10-23(16-19)30-28(33)21-9-5-8-20(15-21)27-31-25-17-22(29(34)35)13-14-26(25)32(27)24-11-3-4-12-24/h5-10,13-18,24H,3-4,11-12H2,1-2H3,(H,30,33)(H,34,35). The first-order chi connectivity index (χ1) is 16.9. The van der Waals surface area contributed by atoms with Crippen LogP contribution in [0.15, 0.2) is 66.7 Å². The third-order valence-electron chi connectivity index (χ3n) is 6.82. The van der Waals surface area contributed by atoms with Gasteiger partial charge in [0.2, 0.25) is 0 Å². The smallest absolute Gasteiger partial charge is 0.335 e. The fourth-order valence-corrected chi connectivity index (χ4v) is 4.95. The lowest BCUT2D eigenvalue weighted by atomic mass is 10.0. The van der Waals surface area contributed by atoms with Gasteiger partial charge in [-0.15, -0.1) is 0 Å². The molecule has 2 N–H and O–H groups in total. The maximum absolute atomic E-state index is 13.1. The zero-order valence-corrected chi connectivity index (χ0v) is 20.0. The van der Waals surface area contributed by atoms with Crippen molar-refractivity contribution in [2.45, 2.75) is 51.5 Å². The zero-order valence-electron chi connectivity index (χ0n) is 20.0. The van der Waals surface area contributed by atoms with Gasteiger partial charge in [-0.05, 0) is 66.8 Å². The number of amides is 1. The number of rotatable bonds is 6. The Morgan fingerprint density at radius 1 is 0.971 bits per heavy atom. The van der Waals surface area contributed by atoms with Crippen LogP contribution in [0.2, 0.25) is 0 Å². The van der Waals surface area contributed by atoms with Crippen molar-refractivity contribution in [3.05, 3.63) is 83.4 Å². The lowest BCUT2D eigenvalue weighted by molar-refractivity contribution is 0.0696. The molecule has 0 aliphatic heterocycles. The Balaban J connectivity index is 1.53. The second kappa shape index (κ2) is 9.37. The van der Waals surface area contributed by atoms with Gasteiger partial charge in [-0.3, -0.25) is 4.79 Å². The highest BCUT2D eigenvalue weighted by molar-refractivity contribution is 6.05. The van der Waals surface area contributed by atoms with Crippen LogP contribution in [0.5, 0.6) is 0 Å². The average molecular weight is 468 g/mol. The molecule has 5 rings (SSSR count). The van der Waals surface area contributed by atoms with Crippen LogP contribution in [0, 0.1) is 0 Å². The van der Waals surface area contributed by atoms with E-state index in [0.29, 0.717) is 23.0 Å². The topological polar surface area (TPSA) is 84.2 Å². The van der Waals surface area contributed by atoms with E-state index in [1.54, 1.807) is 18.2 Å². The molecular formula is C29H29N3O3. The van der Waals surface area contributed by atoms with E-state index in [1.165, 1.54) is 5.56 Å². The van der Waals surface area contributed by atoms with E-state index in [9.17, 15) is 14.7 Å². The number of fused-ring (bicyclic) bond motifs is 1. The molecule has 4 aromatic rings. The number of anilines is 1. The molecule has 0 radical (unpaired) electrons. The molecule has 178 valence electrons. The zero-order chi connectivity index (χ0) is 24.5. The minimum Gasteiger partial charge on any atom is -0.478 e. The van der Waals surface area contributed by atoms with Crippen molar-refractivity contribution in [3.8, 4) is 11.4 Å². The van der Waals surface area contributed by atoms with Crippen molar-refractivity contribution >= 4 is 28.6 Å². The molecule has 1 aliphatic rings. The monoisotopic (exact) mass is 467 g/mol. The largest absolute Gasteiger partial charge is 0.478 e. The van der Waals surface area contributed by atoms with Gasteiger partial charge in [-0.2, -0.15) is 0 Å². The highest BCUT2D eigenvalue weighted by Crippen LogP contribution is 2.37. The second-order valence-corrected chi connectivity index (χ2v) is 9.57. The minimum absolute atomic E-state index is 0.176. The maximum Gasteiger partial charge on any atom is 0.335 e. The Labute approximate surface area is 204 Å². The van der Waals surface area contributed by atoms with Gasteiger partial charge in [-0.25, -0.2) is 9.78 Å². The molecule has 1 saturated carbocycles. The summed E-state index contributed by atoms with van der Waals surface area (Å²) in [6.07, 6.45) is 4.45. The first-order valence-electron chi connectivity index (χ1n) is 12.2. The summed E-state index contributed by atoms with van der Waals surface area (Å²) in [5.74, 6) is -0.000171. The number of carboxylic acids is 1. The first kappa shape index (κ1) is 22.8. The summed E-state index contributed by atoms with van der Waals surface area (Å²) >= 11 is 0. The Morgan fingerprint density at radius 2 is 1.74 bits per heavy atom. The van der Waals surface area contributed by atoms with E-state index in [2.05, 4.69) is 29.8 Å². The summed E-state index contributed by atoms with van der Waals surface area (Å²) in [5, 5.41) is 12.5. The van der Waals surface area contributed by atoms with Crippen LogP contribution in [0.3, 0.4) is 0 Å². The quantitative estimate of drug-likeness (QED) is 0.323. The molecule has 3 aromatic carbocycles. The predicted octanol–water partition coefficient (Wildman–Crippen LogP) is 6.89. The molecule has 1 amide bonds. The molecule has 6 heteroatoms. The summed E-state index contributed by atoms with van der Waals surface area (Å²) in [4.78, 5) is 29.5. The number of nitrogens with zero attached hydrogens (tertiary/aromatic N) is 2. The van der Waals surface area contributed by atoms with Gasteiger partial charge in [0.1, 0.15) is 5.82 Å². The van der Waals surface area contributed by atoms with Crippen molar-refractivity contribution in [2.75, 3.05) is 5.32 Å². The molecule has 0 atom stereocenters. The first-order valence-corrected chi connectivity index (χ1v) is 12.2. The Kier molecular flexibility index (Phi) is 6.12. The SMILES string of the molecule is CC(C)c1cccc(NC(=O)c2cccc(-c3nc4cc(C(=O)O)ccc4n3C3CCCC3)c2)c1. The molecule has 6 nitrogen and oxygen atoms in total. The van der Waals surface area contributed by atoms with Gasteiger partial charge >= 0.3 is 5.97 Å². The third-order valence-corrected chi connectivity index (χ3v) is 6.82. The van der Waals surface area contributed by atoms with E-state index in [4.69, 9.17) is 4.98 Å². The highest BCUT2D eigenvalue weighted by Gasteiger charge is 2.24. The van der Waals surface area contributed by atoms with Crippen molar-refractivity contribution in [2.24, 2.45) is 0 Å². The average Bonchev–Trinajstić information content (AvgIpc) is 3.51. The van der Waals surface area contributed by atoms with Gasteiger partial charge in [-0.1, -0.05) is 51.0 Å². The molecule has 1 aromatic heterocycles. The molecular weight excluding hydrogens is 438 g/mol. The van der Waals surface area contributed by atoms with E-state index >= 15 is 0 Å². The third kappa shape index (κ3) is 4.56. The summed E-state index contributed by atoms with van der Waals surface area (Å²) < 4.78 is 2.23. The molecule has 1 aliphatic carbocycles. The Bertz CT molecular complexity index is 1410. The number of aromatic nitrogens is 2. The van der Waals surface area contributed by atoms with Crippen LogP contribution < -0.4 is 5.32 Å². The van der Waals surface area contributed by atoms with Crippen LogP contribution in [0.1, 0.15) is 77.8 Å². The van der Waals surface area contributed by atoms with Gasteiger partial charge < -0.3 is 15.0 Å². The van der Waals surface area contributed by atoms with Crippen LogP contribution in [-0.4, -0.2) is 26.5 Å².